The number of benzene rings is 2. The van der Waals surface area contributed by atoms with E-state index in [1.165, 1.54) is 17.3 Å². The van der Waals surface area contributed by atoms with Crippen LogP contribution in [-0.2, 0) is 17.9 Å². The Kier molecular flexibility index (Phi) is 8.10. The molecular formula is C32H31N5O3S2. The second-order valence-corrected chi connectivity index (χ2v) is 12.1. The van der Waals surface area contributed by atoms with Gasteiger partial charge in [0.2, 0.25) is 0 Å². The molecule has 8 nitrogen and oxygen atoms in total. The van der Waals surface area contributed by atoms with Gasteiger partial charge in [-0.05, 0) is 47.9 Å². The van der Waals surface area contributed by atoms with Crippen LogP contribution in [0.1, 0.15) is 22.3 Å². The second kappa shape index (κ2) is 12.1. The largest absolute Gasteiger partial charge is 0.497 e. The molecule has 0 atom stereocenters. The molecule has 2 fully saturated rings. The van der Waals surface area contributed by atoms with E-state index < -0.39 is 0 Å². The van der Waals surface area contributed by atoms with Crippen LogP contribution in [0.2, 0.25) is 0 Å². The maximum absolute atomic E-state index is 13.9. The highest BCUT2D eigenvalue weighted by Gasteiger charge is 2.33. The van der Waals surface area contributed by atoms with E-state index in [9.17, 15) is 9.59 Å². The molecule has 2 aromatic carbocycles. The number of anilines is 1. The van der Waals surface area contributed by atoms with Crippen molar-refractivity contribution in [1.29, 1.82) is 0 Å². The Balaban J connectivity index is 1.30. The Morgan fingerprint density at radius 3 is 2.36 bits per heavy atom. The Morgan fingerprint density at radius 2 is 1.64 bits per heavy atom. The zero-order valence-corrected chi connectivity index (χ0v) is 25.2. The van der Waals surface area contributed by atoms with Gasteiger partial charge in [-0.25, -0.2) is 4.98 Å². The number of ether oxygens (including phenoxy) is 1. The Labute approximate surface area is 254 Å². The van der Waals surface area contributed by atoms with E-state index in [1.807, 2.05) is 49.4 Å². The highest BCUT2D eigenvalue weighted by molar-refractivity contribution is 8.26. The average molecular weight is 598 g/mol. The highest BCUT2D eigenvalue weighted by atomic mass is 32.2. The fourth-order valence-electron chi connectivity index (χ4n) is 5.25. The smallest absolute Gasteiger partial charge is 0.267 e. The molecule has 4 heterocycles. The molecule has 0 bridgehead atoms. The predicted molar refractivity (Wildman–Crippen MR) is 172 cm³/mol. The first-order valence-electron chi connectivity index (χ1n) is 13.8. The standard InChI is InChI=1S/C32H31N5O3S2/c1-22-8-13-28-33-29(35-16-14-34(15-17-35)20-23-6-4-3-5-7-23)26(30(38)36(28)19-22)18-27-31(39)37(32(41)42-27)21-24-9-11-25(40-2)12-10-24/h3-13,18-19H,14-17,20-21H2,1-2H3. The molecule has 0 aliphatic carbocycles. The molecule has 10 heteroatoms. The summed E-state index contributed by atoms with van der Waals surface area (Å²) >= 11 is 6.82. The minimum Gasteiger partial charge on any atom is -0.497 e. The summed E-state index contributed by atoms with van der Waals surface area (Å²) in [7, 11) is 1.62. The van der Waals surface area contributed by atoms with Gasteiger partial charge in [-0.1, -0.05) is 72.5 Å². The lowest BCUT2D eigenvalue weighted by atomic mass is 10.1. The number of methoxy groups -OCH3 is 1. The number of piperazine rings is 1. The van der Waals surface area contributed by atoms with Crippen molar-refractivity contribution >= 4 is 51.7 Å². The number of thioether (sulfide) groups is 1. The Morgan fingerprint density at radius 1 is 0.929 bits per heavy atom. The van der Waals surface area contributed by atoms with E-state index in [-0.39, 0.29) is 11.5 Å². The van der Waals surface area contributed by atoms with Crippen LogP contribution < -0.4 is 15.2 Å². The molecule has 6 rings (SSSR count). The van der Waals surface area contributed by atoms with Crippen LogP contribution in [-0.4, -0.2) is 62.7 Å². The zero-order chi connectivity index (χ0) is 29.2. The molecule has 2 saturated heterocycles. The van der Waals surface area contributed by atoms with Gasteiger partial charge in [-0.3, -0.25) is 23.8 Å². The van der Waals surface area contributed by atoms with Gasteiger partial charge in [0.25, 0.3) is 11.5 Å². The van der Waals surface area contributed by atoms with Crippen LogP contribution in [0.15, 0.2) is 82.6 Å². The molecule has 2 aromatic heterocycles. The van der Waals surface area contributed by atoms with E-state index in [4.69, 9.17) is 21.9 Å². The molecule has 0 N–H and O–H groups in total. The highest BCUT2D eigenvalue weighted by Crippen LogP contribution is 2.35. The number of rotatable bonds is 7. The Bertz CT molecular complexity index is 1730. The average Bonchev–Trinajstić information content (AvgIpc) is 3.27. The number of aryl methyl sites for hydroxylation is 1. The number of hydrogen-bond acceptors (Lipinski definition) is 8. The maximum Gasteiger partial charge on any atom is 0.267 e. The lowest BCUT2D eigenvalue weighted by Gasteiger charge is -2.36. The molecule has 2 aliphatic rings. The minimum atomic E-state index is -0.215. The molecule has 4 aromatic rings. The molecule has 214 valence electrons. The number of carbonyl (C=O) groups excluding carboxylic acids is 1. The predicted octanol–water partition coefficient (Wildman–Crippen LogP) is 4.74. The summed E-state index contributed by atoms with van der Waals surface area (Å²) in [5.41, 5.74) is 3.94. The van der Waals surface area contributed by atoms with Crippen LogP contribution in [0.25, 0.3) is 11.7 Å². The molecule has 0 spiro atoms. The summed E-state index contributed by atoms with van der Waals surface area (Å²) in [5, 5.41) is 0. The van der Waals surface area contributed by atoms with Gasteiger partial charge >= 0.3 is 0 Å². The molecule has 2 aliphatic heterocycles. The van der Waals surface area contributed by atoms with Crippen molar-refractivity contribution < 1.29 is 9.53 Å². The van der Waals surface area contributed by atoms with Gasteiger partial charge in [0.05, 0.1) is 24.1 Å². The van der Waals surface area contributed by atoms with Gasteiger partial charge in [-0.2, -0.15) is 0 Å². The summed E-state index contributed by atoms with van der Waals surface area (Å²) in [4.78, 5) is 39.0. The summed E-state index contributed by atoms with van der Waals surface area (Å²) in [6.07, 6.45) is 3.47. The van der Waals surface area contributed by atoms with Crippen molar-refractivity contribution in [2.24, 2.45) is 0 Å². The molecular weight excluding hydrogens is 567 g/mol. The summed E-state index contributed by atoms with van der Waals surface area (Å²) in [5.74, 6) is 1.13. The third-order valence-corrected chi connectivity index (χ3v) is 8.93. The van der Waals surface area contributed by atoms with Crippen LogP contribution in [0.5, 0.6) is 5.75 Å². The Hall–Kier alpha value is -3.99. The summed E-state index contributed by atoms with van der Waals surface area (Å²) in [6.45, 7) is 6.29. The fraction of sp³-hybridized carbons (Fsp3) is 0.250. The van der Waals surface area contributed by atoms with Crippen molar-refractivity contribution in [1.82, 2.24) is 19.2 Å². The number of hydrogen-bond donors (Lipinski definition) is 0. The fourth-order valence-corrected chi connectivity index (χ4v) is 6.49. The molecule has 1 amide bonds. The number of aromatic nitrogens is 2. The topological polar surface area (TPSA) is 70.4 Å². The van der Waals surface area contributed by atoms with Gasteiger partial charge < -0.3 is 9.64 Å². The maximum atomic E-state index is 13.9. The van der Waals surface area contributed by atoms with Gasteiger partial charge in [0, 0.05) is 38.9 Å². The quantitative estimate of drug-likeness (QED) is 0.224. The zero-order valence-electron chi connectivity index (χ0n) is 23.5. The number of pyridine rings is 1. The number of carbonyl (C=O) groups is 1. The summed E-state index contributed by atoms with van der Waals surface area (Å²) < 4.78 is 7.27. The van der Waals surface area contributed by atoms with Crippen molar-refractivity contribution in [2.45, 2.75) is 20.0 Å². The molecule has 0 unspecified atom stereocenters. The minimum absolute atomic E-state index is 0.203. The van der Waals surface area contributed by atoms with Crippen LogP contribution in [0.3, 0.4) is 0 Å². The van der Waals surface area contributed by atoms with Crippen LogP contribution >= 0.6 is 24.0 Å². The van der Waals surface area contributed by atoms with Crippen molar-refractivity contribution in [3.05, 3.63) is 110 Å². The molecule has 0 saturated carbocycles. The molecule has 42 heavy (non-hydrogen) atoms. The first-order chi connectivity index (χ1) is 20.4. The third-order valence-electron chi connectivity index (χ3n) is 7.56. The first-order valence-corrected chi connectivity index (χ1v) is 15.0. The van der Waals surface area contributed by atoms with Crippen molar-refractivity contribution in [3.8, 4) is 5.75 Å². The van der Waals surface area contributed by atoms with E-state index >= 15 is 0 Å². The first kappa shape index (κ1) is 28.1. The van der Waals surface area contributed by atoms with Crippen LogP contribution in [0, 0.1) is 6.92 Å². The lowest BCUT2D eigenvalue weighted by molar-refractivity contribution is -0.122. The number of fused-ring (bicyclic) bond motifs is 1. The number of thiocarbonyl (C=S) groups is 1. The van der Waals surface area contributed by atoms with E-state index in [0.717, 1.165) is 49.6 Å². The number of amides is 1. The second-order valence-electron chi connectivity index (χ2n) is 10.5. The van der Waals surface area contributed by atoms with Crippen molar-refractivity contribution in [2.75, 3.05) is 38.2 Å². The lowest BCUT2D eigenvalue weighted by Crippen LogP contribution is -2.47. The van der Waals surface area contributed by atoms with Gasteiger partial charge in [0.1, 0.15) is 21.5 Å². The van der Waals surface area contributed by atoms with E-state index in [2.05, 4.69) is 34.1 Å². The normalized spacial score (nSPS) is 17.0. The van der Waals surface area contributed by atoms with Crippen molar-refractivity contribution in [3.63, 3.8) is 0 Å². The van der Waals surface area contributed by atoms with E-state index in [1.54, 1.807) is 28.7 Å². The monoisotopic (exact) mass is 597 g/mol. The van der Waals surface area contributed by atoms with Gasteiger partial charge in [-0.15, -0.1) is 0 Å². The number of nitrogens with zero attached hydrogens (tertiary/aromatic N) is 5. The van der Waals surface area contributed by atoms with Crippen LogP contribution in [0.4, 0.5) is 5.82 Å². The SMILES string of the molecule is COc1ccc(CN2C(=O)C(=Cc3c(N4CCN(Cc5ccccc5)CC4)nc4ccc(C)cn4c3=O)SC2=S)cc1. The summed E-state index contributed by atoms with van der Waals surface area (Å²) in [6, 6.07) is 21.8. The van der Waals surface area contributed by atoms with Gasteiger partial charge in [0.15, 0.2) is 0 Å². The van der Waals surface area contributed by atoms with E-state index in [0.29, 0.717) is 32.8 Å². The third kappa shape index (κ3) is 5.83. The molecule has 0 radical (unpaired) electrons.